The van der Waals surface area contributed by atoms with Crippen LogP contribution in [0.3, 0.4) is 0 Å². The summed E-state index contributed by atoms with van der Waals surface area (Å²) in [5.41, 5.74) is 3.44. The second-order valence-corrected chi connectivity index (χ2v) is 5.31. The van der Waals surface area contributed by atoms with Gasteiger partial charge in [-0.3, -0.25) is 4.98 Å². The molecule has 0 saturated heterocycles. The summed E-state index contributed by atoms with van der Waals surface area (Å²) in [5, 5.41) is 3.43. The number of ether oxygens (including phenoxy) is 1. The summed E-state index contributed by atoms with van der Waals surface area (Å²) >= 11 is 0. The molecule has 2 rings (SSSR count). The molecular formula is C18H24N2O. The molecule has 3 nitrogen and oxygen atoms in total. The van der Waals surface area contributed by atoms with Crippen LogP contribution < -0.4 is 10.1 Å². The van der Waals surface area contributed by atoms with Gasteiger partial charge in [0.15, 0.2) is 0 Å². The Morgan fingerprint density at radius 2 is 1.95 bits per heavy atom. The van der Waals surface area contributed by atoms with Crippen LogP contribution in [0.1, 0.15) is 43.1 Å². The molecule has 0 saturated carbocycles. The largest absolute Gasteiger partial charge is 0.455 e. The van der Waals surface area contributed by atoms with Gasteiger partial charge in [0.05, 0.1) is 11.9 Å². The van der Waals surface area contributed by atoms with Crippen LogP contribution in [0.5, 0.6) is 11.5 Å². The third kappa shape index (κ3) is 4.05. The number of benzene rings is 1. The molecule has 0 aliphatic carbocycles. The average molecular weight is 284 g/mol. The molecule has 112 valence electrons. The predicted octanol–water partition coefficient (Wildman–Crippen LogP) is 4.55. The first-order chi connectivity index (χ1) is 10.1. The highest BCUT2D eigenvalue weighted by Gasteiger charge is 2.09. The van der Waals surface area contributed by atoms with Gasteiger partial charge < -0.3 is 10.1 Å². The Bertz CT molecular complexity index is 578. The Kier molecular flexibility index (Phi) is 5.34. The van der Waals surface area contributed by atoms with Gasteiger partial charge in [-0.15, -0.1) is 0 Å². The maximum atomic E-state index is 5.91. The van der Waals surface area contributed by atoms with E-state index >= 15 is 0 Å². The maximum Gasteiger partial charge on any atom is 0.145 e. The van der Waals surface area contributed by atoms with E-state index in [9.17, 15) is 0 Å². The van der Waals surface area contributed by atoms with Gasteiger partial charge in [0.25, 0.3) is 0 Å². The Labute approximate surface area is 127 Å². The number of nitrogens with zero attached hydrogens (tertiary/aromatic N) is 1. The number of hydrogen-bond donors (Lipinski definition) is 1. The van der Waals surface area contributed by atoms with Gasteiger partial charge in [0.2, 0.25) is 0 Å². The number of aromatic nitrogens is 1. The van der Waals surface area contributed by atoms with E-state index in [0.29, 0.717) is 6.04 Å². The van der Waals surface area contributed by atoms with Crippen molar-refractivity contribution in [2.75, 3.05) is 6.54 Å². The van der Waals surface area contributed by atoms with Gasteiger partial charge in [0.1, 0.15) is 11.5 Å². The number of aryl methyl sites for hydroxylation is 2. The summed E-state index contributed by atoms with van der Waals surface area (Å²) in [5.74, 6) is 1.66. The van der Waals surface area contributed by atoms with Gasteiger partial charge in [-0.1, -0.05) is 31.5 Å². The van der Waals surface area contributed by atoms with E-state index in [0.717, 1.165) is 35.7 Å². The first-order valence-corrected chi connectivity index (χ1v) is 7.58. The fourth-order valence-electron chi connectivity index (χ4n) is 2.40. The van der Waals surface area contributed by atoms with Gasteiger partial charge in [0, 0.05) is 6.04 Å². The number of hydrogen-bond acceptors (Lipinski definition) is 3. The van der Waals surface area contributed by atoms with Crippen LogP contribution in [0.25, 0.3) is 0 Å². The Morgan fingerprint density at radius 3 is 2.52 bits per heavy atom. The quantitative estimate of drug-likeness (QED) is 0.845. The van der Waals surface area contributed by atoms with Crippen LogP contribution in [0.4, 0.5) is 0 Å². The Morgan fingerprint density at radius 1 is 1.14 bits per heavy atom. The summed E-state index contributed by atoms with van der Waals surface area (Å²) in [4.78, 5) is 4.52. The second-order valence-electron chi connectivity index (χ2n) is 5.31. The zero-order valence-corrected chi connectivity index (χ0v) is 13.3. The Hall–Kier alpha value is -1.87. The van der Waals surface area contributed by atoms with Crippen LogP contribution in [-0.4, -0.2) is 11.5 Å². The number of pyridine rings is 1. The fourth-order valence-corrected chi connectivity index (χ4v) is 2.40. The standard InChI is InChI=1S/C18H24N2O/c1-5-16(19-6-2)17-9-8-15(12-20-17)21-18-10-7-13(3)11-14(18)4/h7-12,16,19H,5-6H2,1-4H3. The van der Waals surface area contributed by atoms with Gasteiger partial charge in [-0.25, -0.2) is 0 Å². The second kappa shape index (κ2) is 7.23. The highest BCUT2D eigenvalue weighted by Crippen LogP contribution is 2.26. The SMILES string of the molecule is CCNC(CC)c1ccc(Oc2ccc(C)cc2C)cn1. The molecule has 0 aliphatic heterocycles. The lowest BCUT2D eigenvalue weighted by Crippen LogP contribution is -2.20. The van der Waals surface area contributed by atoms with Crippen molar-refractivity contribution in [2.24, 2.45) is 0 Å². The molecule has 0 fully saturated rings. The molecule has 1 unspecified atom stereocenters. The molecule has 2 aromatic rings. The molecule has 0 amide bonds. The van der Waals surface area contributed by atoms with Crippen LogP contribution >= 0.6 is 0 Å². The van der Waals surface area contributed by atoms with Crippen molar-refractivity contribution >= 4 is 0 Å². The first-order valence-electron chi connectivity index (χ1n) is 7.58. The first kappa shape index (κ1) is 15.5. The summed E-state index contributed by atoms with van der Waals surface area (Å²) in [6.07, 6.45) is 2.83. The number of nitrogens with one attached hydrogen (secondary N) is 1. The molecule has 21 heavy (non-hydrogen) atoms. The van der Waals surface area contributed by atoms with Crippen LogP contribution in [0, 0.1) is 13.8 Å². The van der Waals surface area contributed by atoms with Crippen molar-refractivity contribution in [3.63, 3.8) is 0 Å². The van der Waals surface area contributed by atoms with E-state index in [1.165, 1.54) is 5.56 Å². The third-order valence-electron chi connectivity index (χ3n) is 3.53. The minimum Gasteiger partial charge on any atom is -0.455 e. The molecule has 1 aromatic heterocycles. The van der Waals surface area contributed by atoms with Crippen molar-refractivity contribution in [1.29, 1.82) is 0 Å². The molecule has 0 bridgehead atoms. The van der Waals surface area contributed by atoms with Crippen molar-refractivity contribution in [3.8, 4) is 11.5 Å². The Balaban J connectivity index is 2.11. The predicted molar refractivity (Wildman–Crippen MR) is 86.9 cm³/mol. The van der Waals surface area contributed by atoms with E-state index in [1.807, 2.05) is 18.2 Å². The van der Waals surface area contributed by atoms with Crippen LogP contribution in [0.15, 0.2) is 36.5 Å². The smallest absolute Gasteiger partial charge is 0.145 e. The van der Waals surface area contributed by atoms with Crippen molar-refractivity contribution in [2.45, 2.75) is 40.2 Å². The number of rotatable bonds is 6. The van der Waals surface area contributed by atoms with Gasteiger partial charge in [-0.05, 0) is 50.6 Å². The van der Waals surface area contributed by atoms with Crippen LogP contribution in [0.2, 0.25) is 0 Å². The van der Waals surface area contributed by atoms with Gasteiger partial charge in [-0.2, -0.15) is 0 Å². The molecule has 1 N–H and O–H groups in total. The molecule has 0 aliphatic rings. The maximum absolute atomic E-state index is 5.91. The van der Waals surface area contributed by atoms with Crippen LogP contribution in [-0.2, 0) is 0 Å². The average Bonchev–Trinajstić information content (AvgIpc) is 2.48. The normalized spacial score (nSPS) is 12.2. The highest BCUT2D eigenvalue weighted by molar-refractivity contribution is 5.39. The topological polar surface area (TPSA) is 34.1 Å². The minimum absolute atomic E-state index is 0.310. The van der Waals surface area contributed by atoms with E-state index in [4.69, 9.17) is 4.74 Å². The zero-order valence-electron chi connectivity index (χ0n) is 13.3. The molecular weight excluding hydrogens is 260 g/mol. The van der Waals surface area contributed by atoms with E-state index in [-0.39, 0.29) is 0 Å². The molecule has 1 atom stereocenters. The van der Waals surface area contributed by atoms with Gasteiger partial charge >= 0.3 is 0 Å². The lowest BCUT2D eigenvalue weighted by atomic mass is 10.1. The van der Waals surface area contributed by atoms with Crippen molar-refractivity contribution < 1.29 is 4.74 Å². The summed E-state index contributed by atoms with van der Waals surface area (Å²) in [6, 6.07) is 10.5. The molecule has 0 radical (unpaired) electrons. The fraction of sp³-hybridized carbons (Fsp3) is 0.389. The van der Waals surface area contributed by atoms with E-state index in [1.54, 1.807) is 6.20 Å². The zero-order chi connectivity index (χ0) is 15.2. The third-order valence-corrected chi connectivity index (χ3v) is 3.53. The molecule has 0 spiro atoms. The summed E-state index contributed by atoms with van der Waals surface area (Å²) < 4.78 is 5.91. The van der Waals surface area contributed by atoms with E-state index in [2.05, 4.69) is 50.1 Å². The lowest BCUT2D eigenvalue weighted by Gasteiger charge is -2.15. The van der Waals surface area contributed by atoms with Crippen molar-refractivity contribution in [1.82, 2.24) is 10.3 Å². The summed E-state index contributed by atoms with van der Waals surface area (Å²) in [7, 11) is 0. The molecule has 3 heteroatoms. The summed E-state index contributed by atoms with van der Waals surface area (Å²) in [6.45, 7) is 9.36. The lowest BCUT2D eigenvalue weighted by molar-refractivity contribution is 0.472. The molecule has 1 aromatic carbocycles. The molecule has 1 heterocycles. The van der Waals surface area contributed by atoms with Crippen molar-refractivity contribution in [3.05, 3.63) is 53.3 Å². The minimum atomic E-state index is 0.310. The highest BCUT2D eigenvalue weighted by atomic mass is 16.5. The van der Waals surface area contributed by atoms with E-state index < -0.39 is 0 Å². The monoisotopic (exact) mass is 284 g/mol.